The zero-order valence-corrected chi connectivity index (χ0v) is 57.7. The maximum absolute atomic E-state index is 9.51. The Morgan fingerprint density at radius 1 is 0.564 bits per heavy atom. The average molecular weight is 1420 g/mol. The number of aromatic nitrogens is 2. The fraction of sp³-hybridized carbons (Fsp3) is 0.238. The number of fused-ring (bicyclic) bond motifs is 6. The first-order valence-corrected chi connectivity index (χ1v) is 32.2. The van der Waals surface area contributed by atoms with Crippen LogP contribution >= 0.6 is 0 Å². The second-order valence-corrected chi connectivity index (χ2v) is 29.1. The number of ether oxygens (including phenoxy) is 1. The van der Waals surface area contributed by atoms with Crippen molar-refractivity contribution < 1.29 is 39.5 Å². The van der Waals surface area contributed by atoms with Crippen LogP contribution in [-0.2, 0) is 54.7 Å². The van der Waals surface area contributed by atoms with E-state index in [0.29, 0.717) is 23.4 Å². The minimum Gasteiger partial charge on any atom is -0.509 e. The molecular formula is C84H83B2N6OPt-3. The number of allylic oxidation sites excluding steroid dienone is 8. The van der Waals surface area contributed by atoms with Gasteiger partial charge in [-0.3, -0.25) is 0 Å². The van der Waals surface area contributed by atoms with Crippen molar-refractivity contribution >= 4 is 63.5 Å². The van der Waals surface area contributed by atoms with Crippen LogP contribution in [0.2, 0.25) is 0 Å². The Bertz CT molecular complexity index is 5080. The summed E-state index contributed by atoms with van der Waals surface area (Å²) in [7, 11) is 0. The normalized spacial score (nSPS) is 17.2. The third-order valence-electron chi connectivity index (χ3n) is 18.6. The monoisotopic (exact) mass is 1420 g/mol. The van der Waals surface area contributed by atoms with Crippen molar-refractivity contribution in [3.8, 4) is 28.4 Å². The number of nitrogens with zero attached hydrogens (tertiary/aromatic N) is 6. The molecule has 0 spiro atoms. The Kier molecular flexibility index (Phi) is 13.5. The fourth-order valence-corrected chi connectivity index (χ4v) is 13.6. The summed E-state index contributed by atoms with van der Waals surface area (Å²) in [6.45, 7) is 23.5. The topological polar surface area (TPSA) is 40.0 Å². The number of benzene rings is 7. The molecule has 0 N–H and O–H groups in total. The molecule has 5 aliphatic heterocycles. The van der Waals surface area contributed by atoms with Gasteiger partial charge in [-0.15, -0.1) is 47.0 Å². The van der Waals surface area contributed by atoms with Crippen LogP contribution in [0.15, 0.2) is 231 Å². The Labute approximate surface area is 587 Å². The summed E-state index contributed by atoms with van der Waals surface area (Å²) in [5.74, 6) is 5.06. The molecule has 0 saturated carbocycles. The Morgan fingerprint density at radius 3 is 1.78 bits per heavy atom. The minimum absolute atomic E-state index is 0. The molecule has 0 aliphatic carbocycles. The maximum Gasteiger partial charge on any atom is 0.320 e. The summed E-state index contributed by atoms with van der Waals surface area (Å²) in [6.07, 6.45) is 27.2. The van der Waals surface area contributed by atoms with E-state index in [2.05, 4.69) is 261 Å². The van der Waals surface area contributed by atoms with Gasteiger partial charge in [-0.1, -0.05) is 223 Å². The van der Waals surface area contributed by atoms with Crippen molar-refractivity contribution in [3.05, 3.63) is 300 Å². The first kappa shape index (κ1) is 52.6. The molecule has 7 nitrogen and oxygen atoms in total. The van der Waals surface area contributed by atoms with Crippen LogP contribution in [0, 0.1) is 18.8 Å². The molecule has 94 heavy (non-hydrogen) atoms. The van der Waals surface area contributed by atoms with Crippen LogP contribution in [0.3, 0.4) is 0 Å². The molecular weight excluding hydrogens is 1330 g/mol. The van der Waals surface area contributed by atoms with E-state index in [1.54, 1.807) is 30.3 Å². The van der Waals surface area contributed by atoms with Crippen LogP contribution < -0.4 is 14.5 Å². The van der Waals surface area contributed by atoms with E-state index in [1.165, 1.54) is 62.7 Å². The standard InChI is InChI=1S/C84H83B2N6O.Pt/c1-80(2,3)60-48-67(72-31-26-44-89-42-24-22-39-85(72)89)69(68(49-60)73-32-27-45-90-43-25-23-40-86(73)90)55-88-56-91(76-35-21-20-34-75(76)88)62-46-57(79-70(82(7,8)9)50-61(81(4,5)6)51-71(79)83(10,11)12)47-64(53-62)93-63-36-37-66-65-30-18-19-33-74(65)92(77(66)54-63)78-52-59(38-41-87-78)84(13,14)58-28-16-15-17-29-58;/h15-52,56H,55H2,1-14H3;/q-3;/i13D3,14D3,18D,19D,30D,33D;. The SMILES string of the molecule is [2H]c1c([2H])c([2H])c2c(c1[2H])c1ccc(Oc3[c-]c(N4[CH-]N(Cc5c(C6=CC=CN7C=CC=CB67)cc(C(C)(C)C)cc5C5=CC=CN6C=CC=CB56)c5ccccc54)cc(-c4c(C(C)(C)C)cc(C(C)(C)C)cc4C(C)(C)C)c3)[c-]c1n2-c1cc(C(c2ccccc2)(C([2H])([2H])[2H])C([2H])([2H])[2H])ccn1.[Pt]. The van der Waals surface area contributed by atoms with E-state index >= 15 is 0 Å². The predicted molar refractivity (Wildman–Crippen MR) is 393 cm³/mol. The third kappa shape index (κ3) is 11.8. The van der Waals surface area contributed by atoms with E-state index in [1.807, 2.05) is 6.07 Å². The third-order valence-corrected chi connectivity index (χ3v) is 18.6. The number of pyridine rings is 1. The van der Waals surface area contributed by atoms with Gasteiger partial charge in [-0.25, -0.2) is 4.98 Å². The summed E-state index contributed by atoms with van der Waals surface area (Å²) >= 11 is 0. The predicted octanol–water partition coefficient (Wildman–Crippen LogP) is 20.8. The molecule has 10 heteroatoms. The van der Waals surface area contributed by atoms with Gasteiger partial charge < -0.3 is 28.7 Å². The van der Waals surface area contributed by atoms with Crippen molar-refractivity contribution in [1.82, 2.24) is 19.2 Å². The Hall–Kier alpha value is -8.77. The average Bonchev–Trinajstić information content (AvgIpc) is 1.27. The Morgan fingerprint density at radius 2 is 1.16 bits per heavy atom. The first-order valence-electron chi connectivity index (χ1n) is 37.2. The number of para-hydroxylation sites is 3. The molecule has 0 fully saturated rings. The van der Waals surface area contributed by atoms with Gasteiger partial charge in [0, 0.05) is 75.8 Å². The van der Waals surface area contributed by atoms with Gasteiger partial charge in [-0.2, -0.15) is 12.7 Å². The van der Waals surface area contributed by atoms with Gasteiger partial charge in [0.1, 0.15) is 5.82 Å². The smallest absolute Gasteiger partial charge is 0.320 e. The van der Waals surface area contributed by atoms with E-state index in [9.17, 15) is 2.74 Å². The summed E-state index contributed by atoms with van der Waals surface area (Å²) in [6, 6.07) is 41.9. The minimum atomic E-state index is -3.13. The summed E-state index contributed by atoms with van der Waals surface area (Å²) in [5.41, 5.74) is 11.7. The van der Waals surface area contributed by atoms with Crippen LogP contribution in [0.4, 0.5) is 17.1 Å². The van der Waals surface area contributed by atoms with Crippen molar-refractivity contribution in [2.45, 2.75) is 130 Å². The van der Waals surface area contributed by atoms with Crippen molar-refractivity contribution in [2.24, 2.45) is 0 Å². The van der Waals surface area contributed by atoms with E-state index in [4.69, 9.17) is 20.7 Å². The first-order chi connectivity index (χ1) is 48.5. The molecule has 0 radical (unpaired) electrons. The maximum atomic E-state index is 9.51. The van der Waals surface area contributed by atoms with Crippen LogP contribution in [-0.4, -0.2) is 32.9 Å². The second kappa shape index (κ2) is 24.2. The van der Waals surface area contributed by atoms with Crippen molar-refractivity contribution in [1.29, 1.82) is 0 Å². The summed E-state index contributed by atoms with van der Waals surface area (Å²) in [5, 5.41) is 0.524. The van der Waals surface area contributed by atoms with Gasteiger partial charge in [0.25, 0.3) is 0 Å². The van der Waals surface area contributed by atoms with Crippen LogP contribution in [0.1, 0.15) is 161 Å². The zero-order valence-electron chi connectivity index (χ0n) is 65.5. The van der Waals surface area contributed by atoms with Gasteiger partial charge in [0.2, 0.25) is 0 Å². The molecule has 0 amide bonds. The van der Waals surface area contributed by atoms with Crippen LogP contribution in [0.5, 0.6) is 11.5 Å². The van der Waals surface area contributed by atoms with Crippen molar-refractivity contribution in [2.75, 3.05) is 9.80 Å². The molecule has 5 aliphatic rings. The molecule has 0 saturated heterocycles. The quantitative estimate of drug-likeness (QED) is 0.0949. The molecule has 9 aromatic rings. The summed E-state index contributed by atoms with van der Waals surface area (Å²) < 4.78 is 99.7. The largest absolute Gasteiger partial charge is 0.509 e. The van der Waals surface area contributed by atoms with E-state index < -0.39 is 37.2 Å². The molecule has 7 aromatic carbocycles. The number of hydrogen-bond acceptors (Lipinski definition) is 6. The fourth-order valence-electron chi connectivity index (χ4n) is 13.6. The molecule has 7 heterocycles. The molecule has 474 valence electrons. The Balaban J connectivity index is 0.00000961. The molecule has 0 unspecified atom stereocenters. The number of hydrogen-bond donors (Lipinski definition) is 0. The zero-order chi connectivity index (χ0) is 73.4. The second-order valence-electron chi connectivity index (χ2n) is 29.1. The van der Waals surface area contributed by atoms with Crippen LogP contribution in [0.25, 0.3) is 49.7 Å². The van der Waals surface area contributed by atoms with Crippen molar-refractivity contribution in [3.63, 3.8) is 0 Å². The summed E-state index contributed by atoms with van der Waals surface area (Å²) in [4.78, 5) is 13.9. The van der Waals surface area contributed by atoms with E-state index in [0.717, 1.165) is 44.8 Å². The van der Waals surface area contributed by atoms with E-state index in [-0.39, 0.29) is 102 Å². The van der Waals surface area contributed by atoms with Gasteiger partial charge in [0.05, 0.1) is 5.48 Å². The molecule has 0 atom stereocenters. The number of rotatable bonds is 11. The molecule has 14 rings (SSSR count). The molecule has 0 bridgehead atoms. The van der Waals surface area contributed by atoms with Gasteiger partial charge in [0.15, 0.2) is 0 Å². The van der Waals surface area contributed by atoms with Gasteiger partial charge >= 0.3 is 13.7 Å². The number of anilines is 3. The molecule has 2 aromatic heterocycles. The van der Waals surface area contributed by atoms with Gasteiger partial charge in [-0.05, 0) is 173 Å².